The van der Waals surface area contributed by atoms with Crippen LogP contribution in [0.15, 0.2) is 48.5 Å². The lowest BCUT2D eigenvalue weighted by Gasteiger charge is -2.15. The Balaban J connectivity index is 1.95. The second-order valence-electron chi connectivity index (χ2n) is 5.67. The van der Waals surface area contributed by atoms with Crippen molar-refractivity contribution < 1.29 is 22.7 Å². The zero-order chi connectivity index (χ0) is 18.4. The van der Waals surface area contributed by atoms with Crippen LogP contribution in [-0.2, 0) is 11.2 Å². The molecule has 1 amide bonds. The number of carbonyl (C=O) groups is 1. The third kappa shape index (κ3) is 6.11. The smallest absolute Gasteiger partial charge is 0.422 e. The number of carbonyl (C=O) groups excluding carboxylic acids is 1. The Morgan fingerprint density at radius 3 is 2.48 bits per heavy atom. The van der Waals surface area contributed by atoms with Gasteiger partial charge in [-0.05, 0) is 42.7 Å². The summed E-state index contributed by atoms with van der Waals surface area (Å²) in [5.41, 5.74) is 7.78. The van der Waals surface area contributed by atoms with Crippen molar-refractivity contribution in [1.29, 1.82) is 0 Å². The first kappa shape index (κ1) is 18.8. The number of benzene rings is 2. The molecule has 0 aromatic heterocycles. The van der Waals surface area contributed by atoms with Gasteiger partial charge in [-0.2, -0.15) is 13.2 Å². The maximum absolute atomic E-state index is 12.2. The molecule has 0 aliphatic rings. The van der Waals surface area contributed by atoms with Gasteiger partial charge in [0, 0.05) is 5.69 Å². The van der Waals surface area contributed by atoms with Crippen LogP contribution >= 0.6 is 0 Å². The fourth-order valence-corrected chi connectivity index (χ4v) is 2.24. The van der Waals surface area contributed by atoms with Crippen LogP contribution in [0.1, 0.15) is 11.1 Å². The molecule has 0 aliphatic carbocycles. The number of anilines is 1. The molecule has 4 nitrogen and oxygen atoms in total. The Morgan fingerprint density at radius 2 is 1.88 bits per heavy atom. The van der Waals surface area contributed by atoms with E-state index in [2.05, 4.69) is 5.32 Å². The molecular weight excluding hydrogens is 333 g/mol. The minimum absolute atomic E-state index is 0.115. The third-order valence-electron chi connectivity index (χ3n) is 3.47. The van der Waals surface area contributed by atoms with E-state index in [4.69, 9.17) is 10.5 Å². The summed E-state index contributed by atoms with van der Waals surface area (Å²) >= 11 is 0. The van der Waals surface area contributed by atoms with Crippen molar-refractivity contribution in [3.63, 3.8) is 0 Å². The SMILES string of the molecule is Cc1cc(NC(=O)[C@@H](N)Cc2ccccc2)ccc1OCC(F)(F)F. The number of halogens is 3. The first-order valence-electron chi connectivity index (χ1n) is 7.65. The predicted molar refractivity (Wildman–Crippen MR) is 89.5 cm³/mol. The Labute approximate surface area is 143 Å². The summed E-state index contributed by atoms with van der Waals surface area (Å²) < 4.78 is 41.3. The molecule has 0 heterocycles. The zero-order valence-corrected chi connectivity index (χ0v) is 13.6. The summed E-state index contributed by atoms with van der Waals surface area (Å²) in [4.78, 5) is 12.2. The lowest BCUT2D eigenvalue weighted by Crippen LogP contribution is -2.37. The van der Waals surface area contributed by atoms with E-state index in [0.717, 1.165) is 5.56 Å². The predicted octanol–water partition coefficient (Wildman–Crippen LogP) is 3.44. The number of ether oxygens (including phenoxy) is 1. The van der Waals surface area contributed by atoms with E-state index < -0.39 is 18.8 Å². The molecular formula is C18H19F3N2O2. The molecule has 3 N–H and O–H groups in total. The van der Waals surface area contributed by atoms with E-state index >= 15 is 0 Å². The molecule has 0 saturated carbocycles. The number of rotatable bonds is 6. The quantitative estimate of drug-likeness (QED) is 0.837. The molecule has 2 aromatic rings. The normalized spacial score (nSPS) is 12.5. The van der Waals surface area contributed by atoms with Crippen LogP contribution in [0, 0.1) is 6.92 Å². The van der Waals surface area contributed by atoms with Gasteiger partial charge in [0.1, 0.15) is 5.75 Å². The number of nitrogens with one attached hydrogen (secondary N) is 1. The summed E-state index contributed by atoms with van der Waals surface area (Å²) in [6.45, 7) is 0.243. The van der Waals surface area contributed by atoms with Crippen LogP contribution in [0.25, 0.3) is 0 Å². The van der Waals surface area contributed by atoms with Gasteiger partial charge in [-0.1, -0.05) is 30.3 Å². The molecule has 1 atom stereocenters. The van der Waals surface area contributed by atoms with Gasteiger partial charge in [0.15, 0.2) is 6.61 Å². The molecule has 134 valence electrons. The van der Waals surface area contributed by atoms with Crippen molar-refractivity contribution in [2.75, 3.05) is 11.9 Å². The van der Waals surface area contributed by atoms with E-state index in [0.29, 0.717) is 17.7 Å². The summed E-state index contributed by atoms with van der Waals surface area (Å²) in [6, 6.07) is 13.0. The first-order valence-corrected chi connectivity index (χ1v) is 7.65. The lowest BCUT2D eigenvalue weighted by molar-refractivity contribution is -0.153. The highest BCUT2D eigenvalue weighted by Crippen LogP contribution is 2.24. The summed E-state index contributed by atoms with van der Waals surface area (Å²) in [5.74, 6) is -0.254. The van der Waals surface area contributed by atoms with Crippen molar-refractivity contribution in [3.8, 4) is 5.75 Å². The number of alkyl halides is 3. The lowest BCUT2D eigenvalue weighted by atomic mass is 10.1. The fourth-order valence-electron chi connectivity index (χ4n) is 2.24. The summed E-state index contributed by atoms with van der Waals surface area (Å²) in [7, 11) is 0. The summed E-state index contributed by atoms with van der Waals surface area (Å²) in [5, 5.41) is 2.66. The maximum atomic E-state index is 12.2. The second-order valence-corrected chi connectivity index (χ2v) is 5.67. The van der Waals surface area contributed by atoms with Gasteiger partial charge < -0.3 is 15.8 Å². The number of aryl methyl sites for hydroxylation is 1. The minimum atomic E-state index is -4.40. The topological polar surface area (TPSA) is 64.4 Å². The van der Waals surface area contributed by atoms with Crippen molar-refractivity contribution in [1.82, 2.24) is 0 Å². The highest BCUT2D eigenvalue weighted by molar-refractivity contribution is 5.95. The molecule has 2 rings (SSSR count). The largest absolute Gasteiger partial charge is 0.484 e. The molecule has 7 heteroatoms. The van der Waals surface area contributed by atoms with E-state index in [1.165, 1.54) is 12.1 Å². The van der Waals surface area contributed by atoms with Crippen molar-refractivity contribution in [3.05, 3.63) is 59.7 Å². The van der Waals surface area contributed by atoms with E-state index in [9.17, 15) is 18.0 Å². The number of hydrogen-bond acceptors (Lipinski definition) is 3. The monoisotopic (exact) mass is 352 g/mol. The molecule has 0 fully saturated rings. The molecule has 0 radical (unpaired) electrons. The zero-order valence-electron chi connectivity index (χ0n) is 13.6. The average molecular weight is 352 g/mol. The molecule has 2 aromatic carbocycles. The highest BCUT2D eigenvalue weighted by atomic mass is 19.4. The fraction of sp³-hybridized carbons (Fsp3) is 0.278. The van der Waals surface area contributed by atoms with Crippen LogP contribution in [-0.4, -0.2) is 24.7 Å². The van der Waals surface area contributed by atoms with Gasteiger partial charge in [0.05, 0.1) is 6.04 Å². The molecule has 0 unspecified atom stereocenters. The Kier molecular flexibility index (Phi) is 6.03. The first-order chi connectivity index (χ1) is 11.7. The third-order valence-corrected chi connectivity index (χ3v) is 3.47. The minimum Gasteiger partial charge on any atom is -0.484 e. The van der Waals surface area contributed by atoms with Crippen LogP contribution < -0.4 is 15.8 Å². The van der Waals surface area contributed by atoms with Crippen LogP contribution in [0.2, 0.25) is 0 Å². The Morgan fingerprint density at radius 1 is 1.20 bits per heavy atom. The van der Waals surface area contributed by atoms with Crippen molar-refractivity contribution in [2.45, 2.75) is 25.6 Å². The maximum Gasteiger partial charge on any atom is 0.422 e. The second kappa shape index (κ2) is 8.02. The Hall–Kier alpha value is -2.54. The average Bonchev–Trinajstić information content (AvgIpc) is 2.54. The van der Waals surface area contributed by atoms with Gasteiger partial charge in [-0.3, -0.25) is 4.79 Å². The van der Waals surface area contributed by atoms with E-state index in [1.54, 1.807) is 13.0 Å². The van der Waals surface area contributed by atoms with Gasteiger partial charge >= 0.3 is 6.18 Å². The van der Waals surface area contributed by atoms with E-state index in [1.807, 2.05) is 30.3 Å². The van der Waals surface area contributed by atoms with Crippen molar-refractivity contribution >= 4 is 11.6 Å². The molecule has 25 heavy (non-hydrogen) atoms. The van der Waals surface area contributed by atoms with Gasteiger partial charge in [-0.25, -0.2) is 0 Å². The van der Waals surface area contributed by atoms with Crippen molar-refractivity contribution in [2.24, 2.45) is 5.73 Å². The van der Waals surface area contributed by atoms with Gasteiger partial charge in [-0.15, -0.1) is 0 Å². The number of nitrogens with two attached hydrogens (primary N) is 1. The van der Waals surface area contributed by atoms with Crippen LogP contribution in [0.4, 0.5) is 18.9 Å². The molecule has 0 saturated heterocycles. The molecule has 0 aliphatic heterocycles. The Bertz CT molecular complexity index is 718. The van der Waals surface area contributed by atoms with Gasteiger partial charge in [0.25, 0.3) is 0 Å². The molecule has 0 spiro atoms. The highest BCUT2D eigenvalue weighted by Gasteiger charge is 2.28. The van der Waals surface area contributed by atoms with Crippen LogP contribution in [0.5, 0.6) is 5.75 Å². The standard InChI is InChI=1S/C18H19F3N2O2/c1-12-9-14(7-8-16(12)25-11-18(19,20)21)23-17(24)15(22)10-13-5-3-2-4-6-13/h2-9,15H,10-11,22H2,1H3,(H,23,24)/t15-/m0/s1. The van der Waals surface area contributed by atoms with Crippen LogP contribution in [0.3, 0.4) is 0 Å². The summed E-state index contributed by atoms with van der Waals surface area (Å²) in [6.07, 6.45) is -4.01. The molecule has 0 bridgehead atoms. The van der Waals surface area contributed by atoms with Gasteiger partial charge in [0.2, 0.25) is 5.91 Å². The number of hydrogen-bond donors (Lipinski definition) is 2. The number of amides is 1. The van der Waals surface area contributed by atoms with E-state index in [-0.39, 0.29) is 11.7 Å².